The van der Waals surface area contributed by atoms with Crippen LogP contribution >= 0.6 is 15.9 Å². The summed E-state index contributed by atoms with van der Waals surface area (Å²) in [6.07, 6.45) is -1.50. The van der Waals surface area contributed by atoms with Crippen molar-refractivity contribution in [1.82, 2.24) is 0 Å². The van der Waals surface area contributed by atoms with E-state index in [1.165, 1.54) is 13.2 Å². The molecular weight excluding hydrogens is 304 g/mol. The molecule has 0 radical (unpaired) electrons. The molecule has 0 aliphatic rings. The molecule has 6 heteroatoms. The van der Waals surface area contributed by atoms with Crippen molar-refractivity contribution in [2.24, 2.45) is 0 Å². The number of carbonyl (C=O) groups excluding carboxylic acids is 1. The lowest BCUT2D eigenvalue weighted by molar-refractivity contribution is -0.153. The Hall–Kier alpha value is -1.27. The van der Waals surface area contributed by atoms with Crippen LogP contribution in [-0.4, -0.2) is 29.9 Å². The van der Waals surface area contributed by atoms with Gasteiger partial charge in [0.25, 0.3) is 0 Å². The Balaban J connectivity index is 3.33. The molecule has 0 spiro atoms. The molecule has 1 rings (SSSR count). The monoisotopic (exact) mass is 318 g/mol. The van der Waals surface area contributed by atoms with E-state index in [4.69, 9.17) is 9.47 Å². The van der Waals surface area contributed by atoms with Crippen molar-refractivity contribution < 1.29 is 24.5 Å². The first-order chi connectivity index (χ1) is 8.43. The Morgan fingerprint density at radius 3 is 2.67 bits per heavy atom. The van der Waals surface area contributed by atoms with Crippen molar-refractivity contribution in [3.05, 3.63) is 21.7 Å². The highest BCUT2D eigenvalue weighted by molar-refractivity contribution is 9.10. The number of phenolic OH excluding ortho intramolecular Hbond substituents is 1. The maximum Gasteiger partial charge on any atom is 0.339 e. The zero-order valence-electron chi connectivity index (χ0n) is 10.4. The molecule has 1 unspecified atom stereocenters. The number of rotatable bonds is 4. The molecule has 100 valence electrons. The molecule has 0 saturated heterocycles. The Labute approximate surface area is 113 Å². The van der Waals surface area contributed by atoms with E-state index in [9.17, 15) is 15.0 Å². The van der Waals surface area contributed by atoms with Gasteiger partial charge in [0, 0.05) is 10.0 Å². The second-order valence-corrected chi connectivity index (χ2v) is 4.46. The summed E-state index contributed by atoms with van der Waals surface area (Å²) in [4.78, 5) is 11.6. The van der Waals surface area contributed by atoms with Crippen LogP contribution in [0.15, 0.2) is 10.5 Å². The molecule has 0 saturated carbocycles. The number of aliphatic hydroxyl groups is 1. The Morgan fingerprint density at radius 2 is 2.17 bits per heavy atom. The van der Waals surface area contributed by atoms with Crippen LogP contribution in [0.4, 0.5) is 0 Å². The topological polar surface area (TPSA) is 76.0 Å². The number of ether oxygens (including phenoxy) is 2. The molecule has 1 atom stereocenters. The molecule has 0 fully saturated rings. The second-order valence-electron chi connectivity index (χ2n) is 3.60. The van der Waals surface area contributed by atoms with E-state index in [0.29, 0.717) is 10.0 Å². The van der Waals surface area contributed by atoms with Crippen LogP contribution < -0.4 is 4.74 Å². The lowest BCUT2D eigenvalue weighted by Crippen LogP contribution is -2.17. The van der Waals surface area contributed by atoms with Crippen LogP contribution in [0.3, 0.4) is 0 Å². The van der Waals surface area contributed by atoms with Crippen molar-refractivity contribution in [1.29, 1.82) is 0 Å². The van der Waals surface area contributed by atoms with E-state index in [2.05, 4.69) is 15.9 Å². The summed E-state index contributed by atoms with van der Waals surface area (Å²) >= 11 is 3.24. The lowest BCUT2D eigenvalue weighted by Gasteiger charge is -2.18. The number of carbonyl (C=O) groups is 1. The molecule has 5 nitrogen and oxygen atoms in total. The molecule has 0 bridgehead atoms. The number of benzene rings is 1. The van der Waals surface area contributed by atoms with Gasteiger partial charge in [-0.2, -0.15) is 0 Å². The molecule has 0 aliphatic heterocycles. The van der Waals surface area contributed by atoms with Gasteiger partial charge in [0.15, 0.2) is 17.6 Å². The molecule has 0 amide bonds. The summed E-state index contributed by atoms with van der Waals surface area (Å²) in [6.45, 7) is 3.51. The SMILES string of the molecule is CCOC(=O)C(O)c1c(C)c(Br)cc(O)c1OC. The number of hydrogen-bond acceptors (Lipinski definition) is 5. The number of esters is 1. The standard InChI is InChI=1S/C12H15BrO5/c1-4-18-12(16)10(15)9-6(2)7(13)5-8(14)11(9)17-3/h5,10,14-15H,4H2,1-3H3. The summed E-state index contributed by atoms with van der Waals surface area (Å²) in [6, 6.07) is 1.44. The number of aromatic hydroxyl groups is 1. The third-order valence-corrected chi connectivity index (χ3v) is 3.31. The van der Waals surface area contributed by atoms with Crippen molar-refractivity contribution in [3.63, 3.8) is 0 Å². The van der Waals surface area contributed by atoms with Gasteiger partial charge in [-0.05, 0) is 25.5 Å². The molecule has 1 aromatic rings. The Bertz CT molecular complexity index is 458. The Morgan fingerprint density at radius 1 is 1.56 bits per heavy atom. The normalized spacial score (nSPS) is 12.1. The number of methoxy groups -OCH3 is 1. The third kappa shape index (κ3) is 2.76. The van der Waals surface area contributed by atoms with Crippen LogP contribution in [-0.2, 0) is 9.53 Å². The van der Waals surface area contributed by atoms with Gasteiger partial charge in [-0.3, -0.25) is 0 Å². The first kappa shape index (κ1) is 14.8. The number of halogens is 1. The van der Waals surface area contributed by atoms with Gasteiger partial charge in [-0.25, -0.2) is 4.79 Å². The average molecular weight is 319 g/mol. The fourth-order valence-corrected chi connectivity index (χ4v) is 2.04. The summed E-state index contributed by atoms with van der Waals surface area (Å²) in [7, 11) is 1.35. The highest BCUT2D eigenvalue weighted by Gasteiger charge is 2.27. The van der Waals surface area contributed by atoms with Crippen molar-refractivity contribution in [2.45, 2.75) is 20.0 Å². The van der Waals surface area contributed by atoms with E-state index < -0.39 is 12.1 Å². The van der Waals surface area contributed by atoms with Crippen molar-refractivity contribution in [3.8, 4) is 11.5 Å². The lowest BCUT2D eigenvalue weighted by atomic mass is 10.0. The molecule has 1 aromatic carbocycles. The highest BCUT2D eigenvalue weighted by Crippen LogP contribution is 2.40. The number of hydrogen-bond donors (Lipinski definition) is 2. The second kappa shape index (κ2) is 6.06. The van der Waals surface area contributed by atoms with Crippen LogP contribution in [0, 0.1) is 6.92 Å². The minimum absolute atomic E-state index is 0.0660. The molecule has 0 heterocycles. The van der Waals surface area contributed by atoms with Crippen LogP contribution in [0.1, 0.15) is 24.2 Å². The van der Waals surface area contributed by atoms with Crippen molar-refractivity contribution >= 4 is 21.9 Å². The molecule has 0 aromatic heterocycles. The third-order valence-electron chi connectivity index (χ3n) is 2.49. The largest absolute Gasteiger partial charge is 0.504 e. The minimum Gasteiger partial charge on any atom is -0.504 e. The quantitative estimate of drug-likeness (QED) is 0.831. The fraction of sp³-hybridized carbons (Fsp3) is 0.417. The van der Waals surface area contributed by atoms with Gasteiger partial charge < -0.3 is 19.7 Å². The van der Waals surface area contributed by atoms with E-state index in [0.717, 1.165) is 0 Å². The van der Waals surface area contributed by atoms with Crippen LogP contribution in [0.5, 0.6) is 11.5 Å². The summed E-state index contributed by atoms with van der Waals surface area (Å²) < 4.78 is 10.3. The highest BCUT2D eigenvalue weighted by atomic mass is 79.9. The maximum atomic E-state index is 11.6. The first-order valence-corrected chi connectivity index (χ1v) is 6.13. The van der Waals surface area contributed by atoms with Crippen molar-refractivity contribution in [2.75, 3.05) is 13.7 Å². The molecular formula is C12H15BrO5. The van der Waals surface area contributed by atoms with E-state index >= 15 is 0 Å². The molecule has 18 heavy (non-hydrogen) atoms. The van der Waals surface area contributed by atoms with E-state index in [-0.39, 0.29) is 23.7 Å². The fourth-order valence-electron chi connectivity index (χ4n) is 1.61. The average Bonchev–Trinajstić information content (AvgIpc) is 2.32. The van der Waals surface area contributed by atoms with Gasteiger partial charge in [0.05, 0.1) is 13.7 Å². The molecule has 0 aliphatic carbocycles. The number of aliphatic hydroxyl groups excluding tert-OH is 1. The zero-order chi connectivity index (χ0) is 13.9. The van der Waals surface area contributed by atoms with Gasteiger partial charge in [0.2, 0.25) is 0 Å². The van der Waals surface area contributed by atoms with Crippen LogP contribution in [0.25, 0.3) is 0 Å². The summed E-state index contributed by atoms with van der Waals surface area (Å²) in [5, 5.41) is 19.7. The smallest absolute Gasteiger partial charge is 0.339 e. The number of phenols is 1. The summed E-state index contributed by atoms with van der Waals surface area (Å²) in [5.74, 6) is -0.874. The summed E-state index contributed by atoms with van der Waals surface area (Å²) in [5.41, 5.74) is 0.799. The van der Waals surface area contributed by atoms with E-state index in [1.807, 2.05) is 0 Å². The van der Waals surface area contributed by atoms with Gasteiger partial charge in [-0.15, -0.1) is 0 Å². The molecule has 2 N–H and O–H groups in total. The van der Waals surface area contributed by atoms with Gasteiger partial charge in [-0.1, -0.05) is 15.9 Å². The maximum absolute atomic E-state index is 11.6. The van der Waals surface area contributed by atoms with Gasteiger partial charge in [0.1, 0.15) is 0 Å². The predicted octanol–water partition coefficient (Wildman–Crippen LogP) is 2.07. The zero-order valence-corrected chi connectivity index (χ0v) is 11.9. The minimum atomic E-state index is -1.50. The predicted molar refractivity (Wildman–Crippen MR) is 68.7 cm³/mol. The first-order valence-electron chi connectivity index (χ1n) is 5.34. The van der Waals surface area contributed by atoms with Crippen LogP contribution in [0.2, 0.25) is 0 Å². The van der Waals surface area contributed by atoms with Gasteiger partial charge >= 0.3 is 5.97 Å². The van der Waals surface area contributed by atoms with E-state index in [1.54, 1.807) is 13.8 Å². The Kier molecular flexibility index (Phi) is 4.98.